The Labute approximate surface area is 116 Å². The van der Waals surface area contributed by atoms with Crippen molar-refractivity contribution in [2.24, 2.45) is 5.73 Å². The van der Waals surface area contributed by atoms with Crippen LogP contribution < -0.4 is 5.73 Å². The van der Waals surface area contributed by atoms with Gasteiger partial charge < -0.3 is 18.4 Å². The van der Waals surface area contributed by atoms with E-state index in [-0.39, 0.29) is 5.17 Å². The molecule has 90 valence electrons. The van der Waals surface area contributed by atoms with Gasteiger partial charge in [0.2, 0.25) is 0 Å². The van der Waals surface area contributed by atoms with Gasteiger partial charge in [0.1, 0.15) is 0 Å². The largest absolute Gasteiger partial charge is 0.472 e. The fourth-order valence-electron chi connectivity index (χ4n) is 0.673. The van der Waals surface area contributed by atoms with E-state index in [1.807, 2.05) is 25.7 Å². The van der Waals surface area contributed by atoms with Gasteiger partial charge in [-0.3, -0.25) is 0 Å². The third-order valence-electron chi connectivity index (χ3n) is 1.37. The molecule has 15 heavy (non-hydrogen) atoms. The Kier molecular flexibility index (Phi) is 14.2. The first-order valence-corrected chi connectivity index (χ1v) is 6.22. The van der Waals surface area contributed by atoms with E-state index >= 15 is 0 Å². The molecule has 0 amide bonds. The number of rotatable bonds is 3. The summed E-state index contributed by atoms with van der Waals surface area (Å²) in [6.45, 7) is 8.32. The molecule has 0 bridgehead atoms. The summed E-state index contributed by atoms with van der Waals surface area (Å²) in [5, 5.41) is 0.693. The summed E-state index contributed by atoms with van der Waals surface area (Å²) in [7, 11) is 0. The first-order chi connectivity index (χ1) is 7.03. The van der Waals surface area contributed by atoms with Crippen LogP contribution in [0.3, 0.4) is 0 Å². The van der Waals surface area contributed by atoms with Crippen molar-refractivity contribution in [2.75, 3.05) is 19.7 Å². The SMILES string of the molecule is CCN(CC)C(=S)OI.CCOC(N)=S. The molecule has 0 saturated heterocycles. The Morgan fingerprint density at radius 1 is 1.27 bits per heavy atom. The normalized spacial score (nSPS) is 8.27. The van der Waals surface area contributed by atoms with Gasteiger partial charge in [-0.05, 0) is 45.2 Å². The molecule has 0 saturated carbocycles. The topological polar surface area (TPSA) is 47.7 Å². The number of ether oxygens (including phenoxy) is 1. The summed E-state index contributed by atoms with van der Waals surface area (Å²) in [5.41, 5.74) is 4.91. The van der Waals surface area contributed by atoms with Gasteiger partial charge in [-0.25, -0.2) is 0 Å². The van der Waals surface area contributed by atoms with E-state index in [9.17, 15) is 0 Å². The Morgan fingerprint density at radius 2 is 1.73 bits per heavy atom. The van der Waals surface area contributed by atoms with Gasteiger partial charge in [0, 0.05) is 13.1 Å². The Hall–Kier alpha value is 0.110. The molecule has 0 aromatic rings. The fraction of sp³-hybridized carbons (Fsp3) is 0.750. The van der Waals surface area contributed by atoms with Crippen LogP contribution in [0.2, 0.25) is 0 Å². The maximum Gasteiger partial charge on any atom is 0.269 e. The van der Waals surface area contributed by atoms with E-state index in [1.165, 1.54) is 0 Å². The summed E-state index contributed by atoms with van der Waals surface area (Å²) < 4.78 is 9.37. The summed E-state index contributed by atoms with van der Waals surface area (Å²) in [5.74, 6) is 0. The molecular weight excluding hydrogens is 347 g/mol. The van der Waals surface area contributed by atoms with Crippen LogP contribution in [0, 0.1) is 0 Å². The molecule has 0 aromatic carbocycles. The molecule has 0 aromatic heterocycles. The smallest absolute Gasteiger partial charge is 0.269 e. The van der Waals surface area contributed by atoms with Crippen molar-refractivity contribution in [3.63, 3.8) is 0 Å². The summed E-state index contributed by atoms with van der Waals surface area (Å²) >= 11 is 11.0. The summed E-state index contributed by atoms with van der Waals surface area (Å²) in [4.78, 5) is 1.97. The van der Waals surface area contributed by atoms with Gasteiger partial charge in [-0.1, -0.05) is 0 Å². The van der Waals surface area contributed by atoms with Crippen LogP contribution in [0.5, 0.6) is 0 Å². The number of nitrogens with zero attached hydrogens (tertiary/aromatic N) is 1. The van der Waals surface area contributed by atoms with E-state index in [0.717, 1.165) is 13.1 Å². The monoisotopic (exact) mass is 364 g/mol. The molecule has 2 N–H and O–H groups in total. The number of halogens is 1. The van der Waals surface area contributed by atoms with Gasteiger partial charge in [0.15, 0.2) is 23.0 Å². The lowest BCUT2D eigenvalue weighted by molar-refractivity contribution is 0.331. The Balaban J connectivity index is 0. The molecule has 7 heteroatoms. The maximum atomic E-state index is 4.91. The van der Waals surface area contributed by atoms with E-state index in [4.69, 9.17) is 21.0 Å². The zero-order chi connectivity index (χ0) is 12.3. The first-order valence-electron chi connectivity index (χ1n) is 4.53. The van der Waals surface area contributed by atoms with Crippen molar-refractivity contribution in [1.82, 2.24) is 4.90 Å². The Bertz CT molecular complexity index is 189. The lowest BCUT2D eigenvalue weighted by Crippen LogP contribution is -2.28. The minimum atomic E-state index is 0.123. The molecule has 0 atom stereocenters. The van der Waals surface area contributed by atoms with Gasteiger partial charge in [0.05, 0.1) is 6.61 Å². The van der Waals surface area contributed by atoms with E-state index in [0.29, 0.717) is 11.8 Å². The van der Waals surface area contributed by atoms with Gasteiger partial charge in [-0.2, -0.15) is 0 Å². The highest BCUT2D eigenvalue weighted by atomic mass is 127. The lowest BCUT2D eigenvalue weighted by Gasteiger charge is -2.17. The van der Waals surface area contributed by atoms with Crippen molar-refractivity contribution >= 4 is 57.8 Å². The van der Waals surface area contributed by atoms with Crippen LogP contribution in [0.4, 0.5) is 0 Å². The average molecular weight is 364 g/mol. The van der Waals surface area contributed by atoms with Crippen LogP contribution in [0.25, 0.3) is 0 Å². The number of hydrogen-bond donors (Lipinski definition) is 1. The predicted molar refractivity (Wildman–Crippen MR) is 79.0 cm³/mol. The van der Waals surface area contributed by atoms with Crippen LogP contribution >= 0.6 is 47.4 Å². The Morgan fingerprint density at radius 3 is 1.80 bits per heavy atom. The van der Waals surface area contributed by atoms with Crippen LogP contribution in [0.15, 0.2) is 0 Å². The van der Waals surface area contributed by atoms with Crippen LogP contribution in [0.1, 0.15) is 20.8 Å². The van der Waals surface area contributed by atoms with E-state index < -0.39 is 0 Å². The summed E-state index contributed by atoms with van der Waals surface area (Å²) in [6, 6.07) is 0. The molecule has 0 fully saturated rings. The predicted octanol–water partition coefficient (Wildman–Crippen LogP) is 2.25. The quantitative estimate of drug-likeness (QED) is 0.612. The molecule has 4 nitrogen and oxygen atoms in total. The zero-order valence-corrected chi connectivity index (χ0v) is 12.9. The molecule has 0 heterocycles. The molecule has 0 aliphatic carbocycles. The molecule has 0 aliphatic heterocycles. The molecule has 0 spiro atoms. The van der Waals surface area contributed by atoms with Crippen molar-refractivity contribution in [2.45, 2.75) is 20.8 Å². The standard InChI is InChI=1S/C5H10INOS.C3H7NOS/c1-3-7(4-2)5(9)8-6;1-2-5-3(4)6/h3-4H2,1-2H3;2H2,1H3,(H2,4,6). The second-order valence-electron chi connectivity index (χ2n) is 2.27. The second-order valence-corrected chi connectivity index (χ2v) is 3.46. The highest BCUT2D eigenvalue weighted by molar-refractivity contribution is 14.1. The second kappa shape index (κ2) is 12.2. The lowest BCUT2D eigenvalue weighted by atomic mass is 10.6. The third kappa shape index (κ3) is 12.0. The molecule has 0 aliphatic rings. The number of nitrogens with two attached hydrogens (primary N) is 1. The molecule has 0 radical (unpaired) electrons. The van der Waals surface area contributed by atoms with Crippen LogP contribution in [-0.2, 0) is 7.80 Å². The molecular formula is C8H17IN2O2S2. The van der Waals surface area contributed by atoms with E-state index in [2.05, 4.69) is 17.0 Å². The minimum Gasteiger partial charge on any atom is -0.472 e. The van der Waals surface area contributed by atoms with E-state index in [1.54, 1.807) is 23.0 Å². The summed E-state index contributed by atoms with van der Waals surface area (Å²) in [6.07, 6.45) is 0. The molecule has 0 unspecified atom stereocenters. The maximum absolute atomic E-state index is 4.91. The van der Waals surface area contributed by atoms with Crippen molar-refractivity contribution in [3.8, 4) is 0 Å². The van der Waals surface area contributed by atoms with Gasteiger partial charge >= 0.3 is 0 Å². The highest BCUT2D eigenvalue weighted by Gasteiger charge is 2.02. The van der Waals surface area contributed by atoms with Crippen molar-refractivity contribution in [1.29, 1.82) is 0 Å². The average Bonchev–Trinajstić information content (AvgIpc) is 2.20. The van der Waals surface area contributed by atoms with Crippen molar-refractivity contribution < 1.29 is 7.80 Å². The van der Waals surface area contributed by atoms with Crippen LogP contribution in [-0.4, -0.2) is 34.9 Å². The highest BCUT2D eigenvalue weighted by Crippen LogP contribution is 1.97. The van der Waals surface area contributed by atoms with Crippen molar-refractivity contribution in [3.05, 3.63) is 0 Å². The third-order valence-corrected chi connectivity index (χ3v) is 2.55. The number of thiocarbonyl (C=S) groups is 2. The molecule has 0 rings (SSSR count). The zero-order valence-electron chi connectivity index (χ0n) is 9.16. The van der Waals surface area contributed by atoms with Gasteiger partial charge in [-0.15, -0.1) is 0 Å². The minimum absolute atomic E-state index is 0.123. The first kappa shape index (κ1) is 17.5. The fourth-order valence-corrected chi connectivity index (χ4v) is 1.33. The number of hydrogen-bond acceptors (Lipinski definition) is 4. The van der Waals surface area contributed by atoms with Gasteiger partial charge in [0.25, 0.3) is 10.3 Å².